The maximum absolute atomic E-state index is 11.3. The molecule has 0 saturated heterocycles. The molecule has 1 rings (SSSR count). The van der Waals surface area contributed by atoms with Crippen molar-refractivity contribution in [3.05, 3.63) is 22.4 Å². The summed E-state index contributed by atoms with van der Waals surface area (Å²) in [6, 6.07) is 3.83. The van der Waals surface area contributed by atoms with E-state index in [2.05, 4.69) is 4.74 Å². The predicted molar refractivity (Wildman–Crippen MR) is 62.0 cm³/mol. The average molecular weight is 258 g/mol. The van der Waals surface area contributed by atoms with Crippen molar-refractivity contribution in [3.8, 4) is 0 Å². The van der Waals surface area contributed by atoms with Gasteiger partial charge in [0, 0.05) is 11.3 Å². The molecule has 1 aromatic heterocycles. The van der Waals surface area contributed by atoms with Crippen molar-refractivity contribution in [1.29, 1.82) is 0 Å². The summed E-state index contributed by atoms with van der Waals surface area (Å²) in [6.45, 7) is 1.93. The van der Waals surface area contributed by atoms with Crippen LogP contribution in [0.3, 0.4) is 0 Å². The molecule has 1 unspecified atom stereocenters. The molecule has 1 atom stereocenters. The molecule has 0 fully saturated rings. The lowest BCUT2D eigenvalue weighted by Crippen LogP contribution is -2.35. The molecule has 17 heavy (non-hydrogen) atoms. The Morgan fingerprint density at radius 1 is 1.53 bits per heavy atom. The lowest BCUT2D eigenvalue weighted by atomic mass is 10.3. The number of ether oxygens (including phenoxy) is 2. The molecule has 0 aliphatic carbocycles. The fourth-order valence-electron chi connectivity index (χ4n) is 1.19. The van der Waals surface area contributed by atoms with Gasteiger partial charge < -0.3 is 14.6 Å². The molecule has 0 amide bonds. The van der Waals surface area contributed by atoms with Gasteiger partial charge in [0.1, 0.15) is 0 Å². The minimum absolute atomic E-state index is 0.136. The summed E-state index contributed by atoms with van der Waals surface area (Å²) in [5.74, 6) is -2.18. The first-order valence-electron chi connectivity index (χ1n) is 5.18. The van der Waals surface area contributed by atoms with Crippen molar-refractivity contribution in [1.82, 2.24) is 0 Å². The summed E-state index contributed by atoms with van der Waals surface area (Å²) in [7, 11) is 0. The van der Waals surface area contributed by atoms with E-state index in [1.165, 1.54) is 0 Å². The van der Waals surface area contributed by atoms with Gasteiger partial charge in [0.25, 0.3) is 6.10 Å². The molecule has 6 heteroatoms. The van der Waals surface area contributed by atoms with E-state index >= 15 is 0 Å². The van der Waals surface area contributed by atoms with Crippen LogP contribution in [0.15, 0.2) is 17.5 Å². The molecular formula is C11H14O5S. The van der Waals surface area contributed by atoms with Gasteiger partial charge in [-0.05, 0) is 18.4 Å². The van der Waals surface area contributed by atoms with Crippen LogP contribution in [-0.2, 0) is 25.5 Å². The molecule has 94 valence electrons. The van der Waals surface area contributed by atoms with Crippen LogP contribution in [0.4, 0.5) is 0 Å². The van der Waals surface area contributed by atoms with Crippen molar-refractivity contribution < 1.29 is 24.2 Å². The quantitative estimate of drug-likeness (QED) is 0.590. The molecule has 0 saturated carbocycles. The Bertz CT molecular complexity index is 360. The van der Waals surface area contributed by atoms with Gasteiger partial charge in [0.2, 0.25) is 0 Å². The van der Waals surface area contributed by atoms with Gasteiger partial charge in [-0.15, -0.1) is 11.3 Å². The van der Waals surface area contributed by atoms with E-state index in [4.69, 9.17) is 9.84 Å². The number of rotatable bonds is 7. The highest BCUT2D eigenvalue weighted by atomic mass is 32.1. The molecule has 0 aliphatic rings. The number of hydrogen-bond acceptors (Lipinski definition) is 5. The van der Waals surface area contributed by atoms with E-state index in [9.17, 15) is 9.59 Å². The van der Waals surface area contributed by atoms with Gasteiger partial charge in [-0.1, -0.05) is 6.07 Å². The van der Waals surface area contributed by atoms with Gasteiger partial charge in [0.05, 0.1) is 13.2 Å². The normalized spacial score (nSPS) is 12.1. The molecule has 1 N–H and O–H groups in total. The zero-order valence-corrected chi connectivity index (χ0v) is 10.2. The Morgan fingerprint density at radius 3 is 2.82 bits per heavy atom. The lowest BCUT2D eigenvalue weighted by Gasteiger charge is -2.11. The fraction of sp³-hybridized carbons (Fsp3) is 0.455. The summed E-state index contributed by atoms with van der Waals surface area (Å²) in [5.41, 5.74) is 0. The van der Waals surface area contributed by atoms with Crippen molar-refractivity contribution in [2.24, 2.45) is 0 Å². The number of esters is 1. The van der Waals surface area contributed by atoms with Crippen molar-refractivity contribution in [2.75, 3.05) is 13.2 Å². The highest BCUT2D eigenvalue weighted by molar-refractivity contribution is 7.09. The molecule has 0 aromatic carbocycles. The average Bonchev–Trinajstić information content (AvgIpc) is 2.76. The van der Waals surface area contributed by atoms with Gasteiger partial charge >= 0.3 is 11.9 Å². The minimum atomic E-state index is -1.53. The maximum Gasteiger partial charge on any atom is 0.347 e. The summed E-state index contributed by atoms with van der Waals surface area (Å²) < 4.78 is 9.63. The summed E-state index contributed by atoms with van der Waals surface area (Å²) in [4.78, 5) is 23.1. The van der Waals surface area contributed by atoms with Crippen molar-refractivity contribution >= 4 is 23.3 Å². The maximum atomic E-state index is 11.3. The number of hydrogen-bond donors (Lipinski definition) is 1. The van der Waals surface area contributed by atoms with Crippen LogP contribution < -0.4 is 0 Å². The second-order valence-corrected chi connectivity index (χ2v) is 4.20. The van der Waals surface area contributed by atoms with E-state index in [1.807, 2.05) is 17.5 Å². The van der Waals surface area contributed by atoms with Crippen LogP contribution in [0, 0.1) is 0 Å². The standard InChI is InChI=1S/C11H14O5S/c1-2-15-11(14)9(10(12)13)16-6-5-8-4-3-7-17-8/h3-4,7,9H,2,5-6H2,1H3,(H,12,13). The van der Waals surface area contributed by atoms with Crippen LogP contribution in [0.25, 0.3) is 0 Å². The van der Waals surface area contributed by atoms with Crippen LogP contribution in [0.2, 0.25) is 0 Å². The molecule has 0 aliphatic heterocycles. The van der Waals surface area contributed by atoms with Crippen LogP contribution in [-0.4, -0.2) is 36.4 Å². The number of carboxylic acid groups (broad SMARTS) is 1. The SMILES string of the molecule is CCOC(=O)C(OCCc1cccs1)C(=O)O. The Morgan fingerprint density at radius 2 is 2.29 bits per heavy atom. The summed E-state index contributed by atoms with van der Waals surface area (Å²) >= 11 is 1.56. The first kappa shape index (κ1) is 13.7. The highest BCUT2D eigenvalue weighted by Gasteiger charge is 2.28. The Labute approximate surface area is 103 Å². The summed E-state index contributed by atoms with van der Waals surface area (Å²) in [6.07, 6.45) is -0.948. The van der Waals surface area contributed by atoms with Gasteiger partial charge in [-0.25, -0.2) is 9.59 Å². The van der Waals surface area contributed by atoms with Crippen LogP contribution >= 0.6 is 11.3 Å². The van der Waals surface area contributed by atoms with Gasteiger partial charge in [-0.3, -0.25) is 0 Å². The zero-order chi connectivity index (χ0) is 12.7. The molecule has 0 radical (unpaired) electrons. The van der Waals surface area contributed by atoms with E-state index in [-0.39, 0.29) is 13.2 Å². The third-order valence-electron chi connectivity index (χ3n) is 1.94. The summed E-state index contributed by atoms with van der Waals surface area (Å²) in [5, 5.41) is 10.7. The molecule has 1 aromatic rings. The zero-order valence-electron chi connectivity index (χ0n) is 9.42. The third kappa shape index (κ3) is 4.54. The second-order valence-electron chi connectivity index (χ2n) is 3.17. The van der Waals surface area contributed by atoms with Gasteiger partial charge in [-0.2, -0.15) is 0 Å². The smallest absolute Gasteiger partial charge is 0.347 e. The minimum Gasteiger partial charge on any atom is -0.479 e. The molecule has 0 spiro atoms. The first-order chi connectivity index (χ1) is 8.15. The number of carbonyl (C=O) groups excluding carboxylic acids is 1. The van der Waals surface area contributed by atoms with E-state index in [0.717, 1.165) is 4.88 Å². The molecule has 0 bridgehead atoms. The number of carbonyl (C=O) groups is 2. The lowest BCUT2D eigenvalue weighted by molar-refractivity contribution is -0.169. The van der Waals surface area contributed by atoms with E-state index in [1.54, 1.807) is 18.3 Å². The second kappa shape index (κ2) is 7.03. The predicted octanol–water partition coefficient (Wildman–Crippen LogP) is 1.32. The fourth-order valence-corrected chi connectivity index (χ4v) is 1.88. The molecule has 1 heterocycles. The van der Waals surface area contributed by atoms with Crippen molar-refractivity contribution in [3.63, 3.8) is 0 Å². The van der Waals surface area contributed by atoms with E-state index in [0.29, 0.717) is 6.42 Å². The third-order valence-corrected chi connectivity index (χ3v) is 2.87. The number of thiophene rings is 1. The number of carboxylic acids is 1. The topological polar surface area (TPSA) is 72.8 Å². The Kier molecular flexibility index (Phi) is 5.65. The monoisotopic (exact) mass is 258 g/mol. The van der Waals surface area contributed by atoms with Gasteiger partial charge in [0.15, 0.2) is 0 Å². The highest BCUT2D eigenvalue weighted by Crippen LogP contribution is 2.09. The van der Waals surface area contributed by atoms with Crippen LogP contribution in [0.1, 0.15) is 11.8 Å². The molecule has 5 nitrogen and oxygen atoms in total. The van der Waals surface area contributed by atoms with Crippen LogP contribution in [0.5, 0.6) is 0 Å². The Balaban J connectivity index is 2.39. The Hall–Kier alpha value is -1.40. The number of aliphatic carboxylic acids is 1. The first-order valence-corrected chi connectivity index (χ1v) is 6.06. The molecular weight excluding hydrogens is 244 g/mol. The van der Waals surface area contributed by atoms with Crippen molar-refractivity contribution in [2.45, 2.75) is 19.4 Å². The van der Waals surface area contributed by atoms with E-state index < -0.39 is 18.0 Å². The largest absolute Gasteiger partial charge is 0.479 e.